The molecule has 160 valence electrons. The van der Waals surface area contributed by atoms with Gasteiger partial charge in [0.2, 0.25) is 0 Å². The molecule has 31 heavy (non-hydrogen) atoms. The number of aromatic nitrogens is 1. The van der Waals surface area contributed by atoms with Crippen LogP contribution < -0.4 is 5.32 Å². The van der Waals surface area contributed by atoms with E-state index in [1.54, 1.807) is 29.6 Å². The maximum absolute atomic E-state index is 12.7. The molecule has 1 fully saturated rings. The lowest BCUT2D eigenvalue weighted by Gasteiger charge is -2.11. The van der Waals surface area contributed by atoms with E-state index in [2.05, 4.69) is 14.7 Å². The molecule has 4 rings (SSSR count). The van der Waals surface area contributed by atoms with Gasteiger partial charge < -0.3 is 10.2 Å². The SMILES string of the molecule is CN1CCC/C1=N\S(=O)(=O)c1cccc(NC(=O)c2csc(-c3cccc(Cl)c3)n2)c1. The van der Waals surface area contributed by atoms with E-state index in [0.29, 0.717) is 28.0 Å². The minimum Gasteiger partial charge on any atom is -0.362 e. The maximum Gasteiger partial charge on any atom is 0.284 e. The molecule has 0 aliphatic carbocycles. The van der Waals surface area contributed by atoms with Crippen LogP contribution in [0.2, 0.25) is 5.02 Å². The van der Waals surface area contributed by atoms with Crippen molar-refractivity contribution in [2.24, 2.45) is 4.40 Å². The van der Waals surface area contributed by atoms with Crippen LogP contribution >= 0.6 is 22.9 Å². The van der Waals surface area contributed by atoms with Crippen molar-refractivity contribution in [1.82, 2.24) is 9.88 Å². The van der Waals surface area contributed by atoms with Crippen LogP contribution in [0.5, 0.6) is 0 Å². The van der Waals surface area contributed by atoms with E-state index in [4.69, 9.17) is 11.6 Å². The monoisotopic (exact) mass is 474 g/mol. The number of nitrogens with one attached hydrogen (secondary N) is 1. The second-order valence-electron chi connectivity index (χ2n) is 7.04. The predicted octanol–water partition coefficient (Wildman–Crippen LogP) is 4.53. The Morgan fingerprint density at radius 3 is 2.77 bits per heavy atom. The minimum absolute atomic E-state index is 0.0241. The number of nitrogens with zero attached hydrogens (tertiary/aromatic N) is 3. The van der Waals surface area contributed by atoms with Gasteiger partial charge in [-0.3, -0.25) is 4.79 Å². The molecule has 1 aliphatic heterocycles. The molecule has 7 nitrogen and oxygen atoms in total. The highest BCUT2D eigenvalue weighted by Crippen LogP contribution is 2.27. The molecule has 1 aromatic heterocycles. The summed E-state index contributed by atoms with van der Waals surface area (Å²) in [5.41, 5.74) is 1.41. The number of likely N-dealkylation sites (tertiary alicyclic amines) is 1. The van der Waals surface area contributed by atoms with Gasteiger partial charge in [0.05, 0.1) is 4.90 Å². The molecule has 0 bridgehead atoms. The lowest BCUT2D eigenvalue weighted by Crippen LogP contribution is -2.20. The third kappa shape index (κ3) is 4.95. The Morgan fingerprint density at radius 2 is 2.03 bits per heavy atom. The molecule has 10 heteroatoms. The van der Waals surface area contributed by atoms with Crippen LogP contribution in [0.1, 0.15) is 23.3 Å². The number of thiazole rings is 1. The third-order valence-electron chi connectivity index (χ3n) is 4.76. The normalized spacial score (nSPS) is 15.4. The van der Waals surface area contributed by atoms with E-state index >= 15 is 0 Å². The first-order valence-corrected chi connectivity index (χ1v) is 12.2. The van der Waals surface area contributed by atoms with Crippen molar-refractivity contribution >= 4 is 50.4 Å². The Morgan fingerprint density at radius 1 is 1.23 bits per heavy atom. The number of benzene rings is 2. The molecule has 1 saturated heterocycles. The topological polar surface area (TPSA) is 91.7 Å². The molecule has 3 aromatic rings. The average Bonchev–Trinajstić information content (AvgIpc) is 3.38. The van der Waals surface area contributed by atoms with Crippen molar-refractivity contribution < 1.29 is 13.2 Å². The number of carbonyl (C=O) groups is 1. The standard InChI is InChI=1S/C21H19ClN4O3S2/c1-26-10-4-9-19(26)25-31(28,29)17-8-3-7-16(12-17)23-20(27)18-13-30-21(24-18)14-5-2-6-15(22)11-14/h2-3,5-8,11-13H,4,9-10H2,1H3,(H,23,27)/b25-19+. The second-order valence-corrected chi connectivity index (χ2v) is 9.94. The highest BCUT2D eigenvalue weighted by molar-refractivity contribution is 7.90. The van der Waals surface area contributed by atoms with E-state index in [9.17, 15) is 13.2 Å². The Labute approximate surface area is 189 Å². The molecule has 2 aromatic carbocycles. The second kappa shape index (κ2) is 8.78. The number of amidine groups is 1. The van der Waals surface area contributed by atoms with Crippen molar-refractivity contribution in [3.05, 3.63) is 64.6 Å². The van der Waals surface area contributed by atoms with Crippen molar-refractivity contribution in [3.63, 3.8) is 0 Å². The van der Waals surface area contributed by atoms with Gasteiger partial charge in [-0.25, -0.2) is 4.98 Å². The molecule has 0 atom stereocenters. The van der Waals surface area contributed by atoms with Gasteiger partial charge in [-0.1, -0.05) is 29.8 Å². The molecular weight excluding hydrogens is 456 g/mol. The first-order valence-electron chi connectivity index (χ1n) is 9.50. The molecule has 1 amide bonds. The zero-order valence-electron chi connectivity index (χ0n) is 16.6. The molecular formula is C21H19ClN4O3S2. The number of anilines is 1. The maximum atomic E-state index is 12.7. The van der Waals surface area contributed by atoms with Gasteiger partial charge in [0.15, 0.2) is 0 Å². The number of amides is 1. The van der Waals surface area contributed by atoms with Gasteiger partial charge >= 0.3 is 0 Å². The summed E-state index contributed by atoms with van der Waals surface area (Å²) in [6.07, 6.45) is 1.51. The number of rotatable bonds is 5. The predicted molar refractivity (Wildman–Crippen MR) is 123 cm³/mol. The van der Waals surface area contributed by atoms with Crippen LogP contribution in [-0.4, -0.2) is 43.6 Å². The lowest BCUT2D eigenvalue weighted by molar-refractivity contribution is 0.102. The van der Waals surface area contributed by atoms with Crippen LogP contribution in [-0.2, 0) is 10.0 Å². The van der Waals surface area contributed by atoms with E-state index in [-0.39, 0.29) is 10.6 Å². The summed E-state index contributed by atoms with van der Waals surface area (Å²) in [5.74, 6) is 0.117. The summed E-state index contributed by atoms with van der Waals surface area (Å²) in [6, 6.07) is 13.3. The number of hydrogen-bond donors (Lipinski definition) is 1. The molecule has 0 unspecified atom stereocenters. The number of sulfonamides is 1. The van der Waals surface area contributed by atoms with E-state index < -0.39 is 15.9 Å². The average molecular weight is 475 g/mol. The van der Waals surface area contributed by atoms with E-state index in [1.807, 2.05) is 24.1 Å². The summed E-state index contributed by atoms with van der Waals surface area (Å²) in [7, 11) is -2.04. The van der Waals surface area contributed by atoms with Crippen LogP contribution in [0.3, 0.4) is 0 Å². The Hall–Kier alpha value is -2.75. The first-order chi connectivity index (χ1) is 14.8. The molecule has 0 saturated carbocycles. The summed E-state index contributed by atoms with van der Waals surface area (Å²) in [5, 5.41) is 5.61. The summed E-state index contributed by atoms with van der Waals surface area (Å²) < 4.78 is 29.3. The van der Waals surface area contributed by atoms with Gasteiger partial charge in [-0.2, -0.15) is 8.42 Å². The number of halogens is 1. The van der Waals surface area contributed by atoms with E-state index in [0.717, 1.165) is 18.5 Å². The number of hydrogen-bond acceptors (Lipinski definition) is 5. The van der Waals surface area contributed by atoms with Gasteiger partial charge in [0.25, 0.3) is 15.9 Å². The zero-order chi connectivity index (χ0) is 22.0. The van der Waals surface area contributed by atoms with Crippen molar-refractivity contribution in [2.45, 2.75) is 17.7 Å². The summed E-state index contributed by atoms with van der Waals surface area (Å²) >= 11 is 7.35. The molecule has 1 N–H and O–H groups in total. The fraction of sp³-hybridized carbons (Fsp3) is 0.190. The van der Waals surface area contributed by atoms with E-state index in [1.165, 1.54) is 23.5 Å². The van der Waals surface area contributed by atoms with Crippen molar-refractivity contribution in [3.8, 4) is 10.6 Å². The van der Waals surface area contributed by atoms with Gasteiger partial charge in [-0.15, -0.1) is 15.7 Å². The van der Waals surface area contributed by atoms with Crippen molar-refractivity contribution in [2.75, 3.05) is 18.9 Å². The van der Waals surface area contributed by atoms with Gasteiger partial charge in [0.1, 0.15) is 16.5 Å². The highest BCUT2D eigenvalue weighted by Gasteiger charge is 2.21. The Bertz CT molecular complexity index is 1270. The summed E-state index contributed by atoms with van der Waals surface area (Å²) in [6.45, 7) is 0.787. The minimum atomic E-state index is -3.87. The smallest absolute Gasteiger partial charge is 0.284 e. The van der Waals surface area contributed by atoms with Gasteiger partial charge in [-0.05, 0) is 36.8 Å². The third-order valence-corrected chi connectivity index (χ3v) is 7.19. The lowest BCUT2D eigenvalue weighted by atomic mass is 10.2. The van der Waals surface area contributed by atoms with Crippen LogP contribution in [0.15, 0.2) is 63.2 Å². The highest BCUT2D eigenvalue weighted by atomic mass is 35.5. The fourth-order valence-electron chi connectivity index (χ4n) is 3.16. The molecule has 0 spiro atoms. The molecule has 0 radical (unpaired) electrons. The van der Waals surface area contributed by atoms with Crippen molar-refractivity contribution in [1.29, 1.82) is 0 Å². The van der Waals surface area contributed by atoms with Crippen LogP contribution in [0.25, 0.3) is 10.6 Å². The Balaban J connectivity index is 1.52. The molecule has 1 aliphatic rings. The van der Waals surface area contributed by atoms with Gasteiger partial charge in [0, 0.05) is 41.7 Å². The summed E-state index contributed by atoms with van der Waals surface area (Å²) in [4.78, 5) is 18.9. The number of carbonyl (C=O) groups excluding carboxylic acids is 1. The largest absolute Gasteiger partial charge is 0.362 e. The van der Waals surface area contributed by atoms with Crippen LogP contribution in [0.4, 0.5) is 5.69 Å². The quantitative estimate of drug-likeness (QED) is 0.586. The molecule has 2 heterocycles. The zero-order valence-corrected chi connectivity index (χ0v) is 19.0. The van der Waals surface area contributed by atoms with Crippen LogP contribution in [0, 0.1) is 0 Å². The Kier molecular flexibility index (Phi) is 6.08. The fourth-order valence-corrected chi connectivity index (χ4v) is 5.29. The first kappa shape index (κ1) is 21.5.